The van der Waals surface area contributed by atoms with E-state index in [4.69, 9.17) is 0 Å². The smallest absolute Gasteiger partial charge is 0.0726 e. The SMILES string of the molecule is c1ccc(-c2ccccc2N(c2ccc3c(c2)-c2ccccc2-c2ccccc2N3c2ccccc2)c2ccc3c(c2)C2(c4ccccc4-c4ccccc4-3)c3ccccc3-c3ccccc32)cc1. The second-order valence-corrected chi connectivity index (χ2v) is 18.3. The van der Waals surface area contributed by atoms with Crippen LogP contribution in [0, 0.1) is 0 Å². The summed E-state index contributed by atoms with van der Waals surface area (Å²) in [5.41, 5.74) is 25.9. The van der Waals surface area contributed by atoms with Crippen LogP contribution in [-0.4, -0.2) is 0 Å². The minimum absolute atomic E-state index is 0.618. The molecule has 0 fully saturated rings. The molecule has 1 spiro atoms. The Morgan fingerprint density at radius 2 is 0.667 bits per heavy atom. The first-order valence-corrected chi connectivity index (χ1v) is 23.9. The van der Waals surface area contributed by atoms with E-state index in [-0.39, 0.29) is 0 Å². The Bertz CT molecular complexity index is 3770. The highest BCUT2D eigenvalue weighted by Gasteiger charge is 2.50. The molecule has 2 nitrogen and oxygen atoms in total. The molecule has 1 heterocycles. The van der Waals surface area contributed by atoms with Gasteiger partial charge >= 0.3 is 0 Å². The van der Waals surface area contributed by atoms with Gasteiger partial charge in [0, 0.05) is 33.8 Å². The highest BCUT2D eigenvalue weighted by molar-refractivity contribution is 6.05. The van der Waals surface area contributed by atoms with Crippen LogP contribution in [0.5, 0.6) is 0 Å². The van der Waals surface area contributed by atoms with Gasteiger partial charge in [-0.15, -0.1) is 0 Å². The zero-order chi connectivity index (χ0) is 45.5. The van der Waals surface area contributed by atoms with E-state index in [1.54, 1.807) is 0 Å². The minimum atomic E-state index is -0.618. The van der Waals surface area contributed by atoms with E-state index in [9.17, 15) is 0 Å². The average Bonchev–Trinajstić information content (AvgIpc) is 3.59. The molecular formula is C67H44N2. The quantitative estimate of drug-likeness (QED) is 0.170. The van der Waals surface area contributed by atoms with Gasteiger partial charge in [0.2, 0.25) is 0 Å². The van der Waals surface area contributed by atoms with Crippen LogP contribution in [0.3, 0.4) is 0 Å². The lowest BCUT2D eigenvalue weighted by Gasteiger charge is -2.37. The molecule has 0 aromatic heterocycles. The molecule has 11 aromatic rings. The topological polar surface area (TPSA) is 6.48 Å². The van der Waals surface area contributed by atoms with Gasteiger partial charge < -0.3 is 9.80 Å². The zero-order valence-electron chi connectivity index (χ0n) is 37.8. The van der Waals surface area contributed by atoms with Crippen molar-refractivity contribution in [2.45, 2.75) is 5.41 Å². The summed E-state index contributed by atoms with van der Waals surface area (Å²) in [5.74, 6) is 0. The van der Waals surface area contributed by atoms with Gasteiger partial charge in [0.25, 0.3) is 0 Å². The average molecular weight is 877 g/mol. The van der Waals surface area contributed by atoms with Crippen molar-refractivity contribution < 1.29 is 0 Å². The number of benzene rings is 11. The van der Waals surface area contributed by atoms with Crippen LogP contribution in [0.15, 0.2) is 267 Å². The lowest BCUT2D eigenvalue weighted by molar-refractivity contribution is 0.775. The first-order valence-electron chi connectivity index (χ1n) is 23.9. The van der Waals surface area contributed by atoms with Gasteiger partial charge in [0.15, 0.2) is 0 Å². The Hall–Kier alpha value is -8.98. The predicted octanol–water partition coefficient (Wildman–Crippen LogP) is 18.0. The zero-order valence-corrected chi connectivity index (χ0v) is 37.8. The highest BCUT2D eigenvalue weighted by Crippen LogP contribution is 2.62. The molecule has 0 radical (unpaired) electrons. The number of para-hydroxylation sites is 3. The number of rotatable bonds is 5. The third-order valence-corrected chi connectivity index (χ3v) is 14.8. The number of hydrogen-bond acceptors (Lipinski definition) is 2. The summed E-state index contributed by atoms with van der Waals surface area (Å²) in [5, 5.41) is 0. The molecule has 14 rings (SSSR count). The lowest BCUT2D eigenvalue weighted by Crippen LogP contribution is -2.29. The first-order chi connectivity index (χ1) is 34.3. The standard InChI is InChI=1S/C67H44N2/c1-3-21-45(22-4-1)49-25-14-19-37-64(49)68(47-40-42-66-59(43-47)53-29-10-9-28-52(53)58-33-15-20-38-65(58)69(66)46-23-5-2-6-24-46)48-39-41-57-51-27-8-7-26-50(51)54-30-11-16-34-60(54)67(63(57)44-48)61-35-17-12-31-55(61)56-32-13-18-36-62(56)67/h1-44H. The molecule has 0 saturated carbocycles. The van der Waals surface area contributed by atoms with Crippen molar-refractivity contribution >= 4 is 34.1 Å². The fraction of sp³-hybridized carbons (Fsp3) is 0.0149. The van der Waals surface area contributed by atoms with E-state index in [0.29, 0.717) is 0 Å². The fourth-order valence-corrected chi connectivity index (χ4v) is 12.0. The maximum absolute atomic E-state index is 2.53. The monoisotopic (exact) mass is 876 g/mol. The summed E-state index contributed by atoms with van der Waals surface area (Å²) < 4.78 is 0. The molecule has 322 valence electrons. The highest BCUT2D eigenvalue weighted by atomic mass is 15.2. The summed E-state index contributed by atoms with van der Waals surface area (Å²) in [6.45, 7) is 0. The summed E-state index contributed by atoms with van der Waals surface area (Å²) >= 11 is 0. The molecule has 0 bridgehead atoms. The molecular weight excluding hydrogens is 833 g/mol. The van der Waals surface area contributed by atoms with Crippen LogP contribution in [0.1, 0.15) is 22.3 Å². The molecule has 69 heavy (non-hydrogen) atoms. The first kappa shape index (κ1) is 39.2. The van der Waals surface area contributed by atoms with Crippen LogP contribution < -0.4 is 9.80 Å². The summed E-state index contributed by atoms with van der Waals surface area (Å²) in [7, 11) is 0. The Kier molecular flexibility index (Phi) is 8.84. The van der Waals surface area contributed by atoms with Crippen molar-refractivity contribution in [3.63, 3.8) is 0 Å². The molecule has 0 N–H and O–H groups in total. The van der Waals surface area contributed by atoms with Crippen LogP contribution in [0.4, 0.5) is 34.1 Å². The second-order valence-electron chi connectivity index (χ2n) is 18.3. The van der Waals surface area contributed by atoms with Crippen molar-refractivity contribution in [2.24, 2.45) is 0 Å². The maximum atomic E-state index is 2.53. The molecule has 0 saturated heterocycles. The van der Waals surface area contributed by atoms with Gasteiger partial charge in [-0.05, 0) is 127 Å². The van der Waals surface area contributed by atoms with Crippen LogP contribution in [-0.2, 0) is 5.41 Å². The summed E-state index contributed by atoms with van der Waals surface area (Å²) in [4.78, 5) is 4.95. The number of nitrogens with zero attached hydrogens (tertiary/aromatic N) is 2. The van der Waals surface area contributed by atoms with Gasteiger partial charge in [-0.2, -0.15) is 0 Å². The van der Waals surface area contributed by atoms with Gasteiger partial charge in [-0.1, -0.05) is 212 Å². The third-order valence-electron chi connectivity index (χ3n) is 14.8. The van der Waals surface area contributed by atoms with E-state index < -0.39 is 5.41 Å². The molecule has 11 aromatic carbocycles. The Morgan fingerprint density at radius 3 is 1.29 bits per heavy atom. The third kappa shape index (κ3) is 5.79. The molecule has 2 heteroatoms. The Balaban J connectivity index is 1.09. The van der Waals surface area contributed by atoms with E-state index in [1.165, 1.54) is 72.3 Å². The molecule has 0 atom stereocenters. The second kappa shape index (κ2) is 15.6. The van der Waals surface area contributed by atoms with Crippen molar-refractivity contribution in [3.05, 3.63) is 289 Å². The predicted molar refractivity (Wildman–Crippen MR) is 287 cm³/mol. The van der Waals surface area contributed by atoms with E-state index in [0.717, 1.165) is 50.8 Å². The Morgan fingerprint density at radius 1 is 0.261 bits per heavy atom. The molecule has 1 aliphatic heterocycles. The van der Waals surface area contributed by atoms with E-state index in [2.05, 4.69) is 277 Å². The lowest BCUT2D eigenvalue weighted by atomic mass is 9.66. The number of hydrogen-bond donors (Lipinski definition) is 0. The Labute approximate surface area is 403 Å². The summed E-state index contributed by atoms with van der Waals surface area (Å²) in [6.07, 6.45) is 0. The summed E-state index contributed by atoms with van der Waals surface area (Å²) in [6, 6.07) is 99.1. The largest absolute Gasteiger partial charge is 0.310 e. The molecule has 2 aliphatic carbocycles. The maximum Gasteiger partial charge on any atom is 0.0726 e. The normalized spacial score (nSPS) is 13.0. The van der Waals surface area contributed by atoms with Crippen LogP contribution in [0.25, 0.3) is 66.8 Å². The molecule has 0 unspecified atom stereocenters. The number of fused-ring (bicyclic) bond motifs is 17. The van der Waals surface area contributed by atoms with Crippen molar-refractivity contribution in [3.8, 4) is 66.8 Å². The van der Waals surface area contributed by atoms with Gasteiger partial charge in [-0.25, -0.2) is 0 Å². The van der Waals surface area contributed by atoms with Crippen molar-refractivity contribution in [1.29, 1.82) is 0 Å². The van der Waals surface area contributed by atoms with Crippen molar-refractivity contribution in [1.82, 2.24) is 0 Å². The van der Waals surface area contributed by atoms with E-state index >= 15 is 0 Å². The fourth-order valence-electron chi connectivity index (χ4n) is 12.0. The van der Waals surface area contributed by atoms with Gasteiger partial charge in [0.05, 0.1) is 22.5 Å². The van der Waals surface area contributed by atoms with Gasteiger partial charge in [-0.3, -0.25) is 0 Å². The van der Waals surface area contributed by atoms with Crippen molar-refractivity contribution in [2.75, 3.05) is 9.80 Å². The minimum Gasteiger partial charge on any atom is -0.310 e. The number of anilines is 6. The van der Waals surface area contributed by atoms with E-state index in [1.807, 2.05) is 0 Å². The van der Waals surface area contributed by atoms with Gasteiger partial charge in [0.1, 0.15) is 0 Å². The molecule has 0 amide bonds. The van der Waals surface area contributed by atoms with Crippen LogP contribution in [0.2, 0.25) is 0 Å². The molecule has 3 aliphatic rings. The van der Waals surface area contributed by atoms with Crippen LogP contribution >= 0.6 is 0 Å².